The van der Waals surface area contributed by atoms with Gasteiger partial charge in [-0.05, 0) is 77.0 Å². The Morgan fingerprint density at radius 2 is 2.10 bits per heavy atom. The summed E-state index contributed by atoms with van der Waals surface area (Å²) in [5.74, 6) is 0.272. The van der Waals surface area contributed by atoms with E-state index < -0.39 is 0 Å². The molecule has 1 N–H and O–H groups in total. The zero-order chi connectivity index (χ0) is 22.3. The standard InChI is InChI=1S/C21H21BrFNO2.C3H8O/c1-4-16(18-10-24-20(22)9-17(18)12(2)3)21(25)14-7-13-8-15(23)5-6-19(13)26-11-14;1-2-3-4/h4-6,8-10,12,14H,7,11H2,1-3H3;4H,2-3H2,1H3/b16-4+;. The van der Waals surface area contributed by atoms with E-state index >= 15 is 0 Å². The van der Waals surface area contributed by atoms with Crippen LogP contribution in [0.25, 0.3) is 5.57 Å². The molecule has 1 aromatic carbocycles. The first-order chi connectivity index (χ1) is 14.3. The molecule has 30 heavy (non-hydrogen) atoms. The fourth-order valence-electron chi connectivity index (χ4n) is 3.33. The van der Waals surface area contributed by atoms with Crippen LogP contribution in [0.2, 0.25) is 0 Å². The van der Waals surface area contributed by atoms with Gasteiger partial charge in [0.15, 0.2) is 5.78 Å². The predicted octanol–water partition coefficient (Wildman–Crippen LogP) is 5.72. The Morgan fingerprint density at radius 3 is 2.70 bits per heavy atom. The van der Waals surface area contributed by atoms with Crippen molar-refractivity contribution < 1.29 is 19.0 Å². The van der Waals surface area contributed by atoms with Crippen LogP contribution >= 0.6 is 15.9 Å². The second-order valence-electron chi connectivity index (χ2n) is 7.50. The van der Waals surface area contributed by atoms with E-state index in [1.54, 1.807) is 12.3 Å². The monoisotopic (exact) mass is 477 g/mol. The Hall–Kier alpha value is -2.05. The summed E-state index contributed by atoms with van der Waals surface area (Å²) in [6, 6.07) is 6.40. The third-order valence-electron chi connectivity index (χ3n) is 4.89. The molecular formula is C24H29BrFNO3. The first kappa shape index (κ1) is 24.2. The van der Waals surface area contributed by atoms with E-state index in [9.17, 15) is 9.18 Å². The summed E-state index contributed by atoms with van der Waals surface area (Å²) in [6.45, 7) is 8.59. The normalized spacial score (nSPS) is 15.7. The third kappa shape index (κ3) is 5.99. The number of fused-ring (bicyclic) bond motifs is 1. The average Bonchev–Trinajstić information content (AvgIpc) is 2.74. The topological polar surface area (TPSA) is 59.4 Å². The number of allylic oxidation sites excluding steroid dienone is 2. The maximum atomic E-state index is 13.5. The highest BCUT2D eigenvalue weighted by molar-refractivity contribution is 9.10. The number of Topliss-reactive ketones (excluding diaryl/α,β-unsaturated/α-hetero) is 1. The SMILES string of the molecule is C/C=C(/C(=O)C1COc2ccc(F)cc2C1)c1cnc(Br)cc1C(C)C.CCCO. The van der Waals surface area contributed by atoms with E-state index in [-0.39, 0.29) is 23.4 Å². The molecule has 0 saturated carbocycles. The van der Waals surface area contributed by atoms with Gasteiger partial charge in [0, 0.05) is 23.9 Å². The number of hydrogen-bond acceptors (Lipinski definition) is 4. The highest BCUT2D eigenvalue weighted by atomic mass is 79.9. The zero-order valence-electron chi connectivity index (χ0n) is 17.9. The van der Waals surface area contributed by atoms with E-state index in [2.05, 4.69) is 34.8 Å². The van der Waals surface area contributed by atoms with Crippen molar-refractivity contribution in [1.82, 2.24) is 4.98 Å². The molecule has 1 atom stereocenters. The van der Waals surface area contributed by atoms with Crippen molar-refractivity contribution in [2.24, 2.45) is 5.92 Å². The van der Waals surface area contributed by atoms with Gasteiger partial charge in [0.25, 0.3) is 0 Å². The number of halogens is 2. The quantitative estimate of drug-likeness (QED) is 0.441. The Bertz CT molecular complexity index is 909. The molecule has 6 heteroatoms. The Balaban J connectivity index is 0.000000735. The molecule has 1 aliphatic heterocycles. The van der Waals surface area contributed by atoms with Gasteiger partial charge in [-0.2, -0.15) is 0 Å². The molecule has 0 saturated heterocycles. The number of rotatable bonds is 5. The summed E-state index contributed by atoms with van der Waals surface area (Å²) >= 11 is 3.40. The van der Waals surface area contributed by atoms with E-state index in [0.717, 1.165) is 27.7 Å². The zero-order valence-corrected chi connectivity index (χ0v) is 19.5. The van der Waals surface area contributed by atoms with Crippen molar-refractivity contribution in [2.75, 3.05) is 13.2 Å². The summed E-state index contributed by atoms with van der Waals surface area (Å²) in [4.78, 5) is 17.5. The van der Waals surface area contributed by atoms with Crippen molar-refractivity contribution in [3.8, 4) is 5.75 Å². The molecule has 0 radical (unpaired) electrons. The molecule has 1 aliphatic rings. The van der Waals surface area contributed by atoms with E-state index in [1.807, 2.05) is 26.0 Å². The van der Waals surface area contributed by atoms with Crippen molar-refractivity contribution in [3.05, 3.63) is 63.6 Å². The minimum Gasteiger partial charge on any atom is -0.493 e. The van der Waals surface area contributed by atoms with Crippen molar-refractivity contribution in [2.45, 2.75) is 46.5 Å². The second-order valence-corrected chi connectivity index (χ2v) is 8.32. The smallest absolute Gasteiger partial charge is 0.170 e. The van der Waals surface area contributed by atoms with Gasteiger partial charge in [0.1, 0.15) is 16.2 Å². The van der Waals surface area contributed by atoms with Gasteiger partial charge in [0.2, 0.25) is 0 Å². The summed E-state index contributed by atoms with van der Waals surface area (Å²) in [5, 5.41) is 7.88. The minimum absolute atomic E-state index is 0.00781. The molecular weight excluding hydrogens is 449 g/mol. The largest absolute Gasteiger partial charge is 0.493 e. The van der Waals surface area contributed by atoms with Crippen LogP contribution in [0.5, 0.6) is 5.75 Å². The molecule has 0 fully saturated rings. The van der Waals surface area contributed by atoms with Crippen LogP contribution in [0.4, 0.5) is 4.39 Å². The summed E-state index contributed by atoms with van der Waals surface area (Å²) in [5.41, 5.74) is 3.29. The number of carbonyl (C=O) groups excluding carboxylic acids is 1. The van der Waals surface area contributed by atoms with Crippen LogP contribution in [-0.4, -0.2) is 29.1 Å². The molecule has 0 amide bonds. The highest BCUT2D eigenvalue weighted by Crippen LogP contribution is 2.33. The fraction of sp³-hybridized carbons (Fsp3) is 0.417. The van der Waals surface area contributed by atoms with Gasteiger partial charge in [-0.3, -0.25) is 4.79 Å². The number of benzene rings is 1. The highest BCUT2D eigenvalue weighted by Gasteiger charge is 2.30. The van der Waals surface area contributed by atoms with Crippen LogP contribution in [-0.2, 0) is 11.2 Å². The molecule has 2 aromatic rings. The first-order valence-electron chi connectivity index (χ1n) is 10.2. The molecule has 0 aliphatic carbocycles. The van der Waals surface area contributed by atoms with Crippen LogP contribution in [0, 0.1) is 11.7 Å². The summed E-state index contributed by atoms with van der Waals surface area (Å²) in [6.07, 6.45) is 4.93. The van der Waals surface area contributed by atoms with Gasteiger partial charge in [-0.25, -0.2) is 9.37 Å². The molecule has 0 spiro atoms. The second kappa shape index (κ2) is 11.4. The van der Waals surface area contributed by atoms with Crippen LogP contribution in [0.1, 0.15) is 56.7 Å². The van der Waals surface area contributed by atoms with Gasteiger partial charge >= 0.3 is 0 Å². The molecule has 1 aromatic heterocycles. The lowest BCUT2D eigenvalue weighted by atomic mass is 9.84. The predicted molar refractivity (Wildman–Crippen MR) is 121 cm³/mol. The van der Waals surface area contributed by atoms with Crippen LogP contribution < -0.4 is 4.74 Å². The maximum absolute atomic E-state index is 13.5. The van der Waals surface area contributed by atoms with E-state index in [0.29, 0.717) is 31.0 Å². The number of nitrogens with zero attached hydrogens (tertiary/aromatic N) is 1. The molecule has 3 rings (SSSR count). The number of aliphatic hydroxyl groups is 1. The molecule has 4 nitrogen and oxygen atoms in total. The van der Waals surface area contributed by atoms with Gasteiger partial charge in [-0.15, -0.1) is 0 Å². The number of aliphatic hydroxyl groups excluding tert-OH is 1. The number of carbonyl (C=O) groups is 1. The van der Waals surface area contributed by atoms with Gasteiger partial charge in [-0.1, -0.05) is 26.8 Å². The Kier molecular flexibility index (Phi) is 9.18. The van der Waals surface area contributed by atoms with Gasteiger partial charge in [0.05, 0.1) is 12.5 Å². The molecule has 1 unspecified atom stereocenters. The number of pyridine rings is 1. The average molecular weight is 478 g/mol. The van der Waals surface area contributed by atoms with Crippen LogP contribution in [0.15, 0.2) is 41.1 Å². The lowest BCUT2D eigenvalue weighted by molar-refractivity contribution is -0.118. The Morgan fingerprint density at radius 1 is 1.40 bits per heavy atom. The van der Waals surface area contributed by atoms with Crippen molar-refractivity contribution >= 4 is 27.3 Å². The number of ether oxygens (including phenoxy) is 1. The number of ketones is 1. The summed E-state index contributed by atoms with van der Waals surface area (Å²) in [7, 11) is 0. The lowest BCUT2D eigenvalue weighted by Crippen LogP contribution is -2.29. The molecule has 0 bridgehead atoms. The van der Waals surface area contributed by atoms with Gasteiger partial charge < -0.3 is 9.84 Å². The van der Waals surface area contributed by atoms with E-state index in [1.165, 1.54) is 12.1 Å². The Labute approximate surface area is 186 Å². The van der Waals surface area contributed by atoms with Crippen molar-refractivity contribution in [3.63, 3.8) is 0 Å². The van der Waals surface area contributed by atoms with Crippen molar-refractivity contribution in [1.29, 1.82) is 0 Å². The third-order valence-corrected chi connectivity index (χ3v) is 5.33. The maximum Gasteiger partial charge on any atom is 0.170 e. The minimum atomic E-state index is -0.334. The van der Waals surface area contributed by atoms with E-state index in [4.69, 9.17) is 9.84 Å². The molecule has 162 valence electrons. The fourth-order valence-corrected chi connectivity index (χ4v) is 3.68. The first-order valence-corrected chi connectivity index (χ1v) is 11.0. The van der Waals surface area contributed by atoms with Crippen LogP contribution in [0.3, 0.4) is 0 Å². The summed E-state index contributed by atoms with van der Waals surface area (Å²) < 4.78 is 20.0. The number of aromatic nitrogens is 1. The molecule has 2 heterocycles. The number of hydrogen-bond donors (Lipinski definition) is 1. The lowest BCUT2D eigenvalue weighted by Gasteiger charge is -2.26.